The molecule has 11 nitrogen and oxygen atoms in total. The minimum Gasteiger partial charge on any atom is -0.478 e. The van der Waals surface area contributed by atoms with Gasteiger partial charge in [0.15, 0.2) is 0 Å². The maximum absolute atomic E-state index is 12.4. The molecule has 1 aliphatic heterocycles. The highest BCUT2D eigenvalue weighted by Gasteiger charge is 2.30. The van der Waals surface area contributed by atoms with Crippen LogP contribution in [0.15, 0.2) is 60.7 Å². The molecule has 2 unspecified atom stereocenters. The van der Waals surface area contributed by atoms with Crippen molar-refractivity contribution in [2.45, 2.75) is 24.9 Å². The van der Waals surface area contributed by atoms with Gasteiger partial charge in [-0.2, -0.15) is 5.26 Å². The van der Waals surface area contributed by atoms with Gasteiger partial charge in [0.05, 0.1) is 28.7 Å². The van der Waals surface area contributed by atoms with Gasteiger partial charge in [-0.05, 0) is 56.3 Å². The van der Waals surface area contributed by atoms with Crippen molar-refractivity contribution in [2.75, 3.05) is 18.9 Å². The molecule has 0 aliphatic carbocycles. The fourth-order valence-electron chi connectivity index (χ4n) is 3.79. The van der Waals surface area contributed by atoms with Gasteiger partial charge >= 0.3 is 18.0 Å². The number of aliphatic carboxylic acids is 2. The Bertz CT molecular complexity index is 1250. The van der Waals surface area contributed by atoms with E-state index in [4.69, 9.17) is 20.5 Å². The lowest BCUT2D eigenvalue weighted by atomic mass is 9.97. The second kappa shape index (κ2) is 12.1. The number of likely N-dealkylation sites (tertiary alicyclic amines) is 1. The van der Waals surface area contributed by atoms with Crippen molar-refractivity contribution < 1.29 is 24.6 Å². The molecular formula is C25H26N6O5. The molecule has 0 saturated carbocycles. The minimum absolute atomic E-state index is 0.0628. The number of nitrogens with zero attached hydrogens (tertiary/aromatic N) is 3. The molecule has 0 radical (unpaired) electrons. The standard InChI is InChI=1S/C21H22N6O.C4H4O4/c1-27-11-10-16(24-21(28)23-15-8-6-14(13-22)7-9-15)12-19(27)20-25-17-4-2-3-5-18(17)26-20;5-3(6)1-2-4(7)8/h2-9,16,19H,10-12H2,1H3,(H,25,26)(H2,23,24,28);1-2H,(H,5,6)(H,7,8). The summed E-state index contributed by atoms with van der Waals surface area (Å²) in [4.78, 5) is 41.9. The Kier molecular flexibility index (Phi) is 8.74. The van der Waals surface area contributed by atoms with Crippen molar-refractivity contribution in [3.05, 3.63) is 72.1 Å². The van der Waals surface area contributed by atoms with Crippen LogP contribution in [-0.2, 0) is 9.59 Å². The number of carboxylic acids is 2. The fraction of sp³-hybridized carbons (Fsp3) is 0.240. The number of piperidine rings is 1. The lowest BCUT2D eigenvalue weighted by Gasteiger charge is -2.36. The maximum atomic E-state index is 12.4. The van der Waals surface area contributed by atoms with Crippen molar-refractivity contribution in [3.63, 3.8) is 0 Å². The Morgan fingerprint density at radius 2 is 1.78 bits per heavy atom. The van der Waals surface area contributed by atoms with Crippen LogP contribution in [0.1, 0.15) is 30.3 Å². The summed E-state index contributed by atoms with van der Waals surface area (Å²) in [6, 6.07) is 16.8. The van der Waals surface area contributed by atoms with Crippen molar-refractivity contribution in [1.29, 1.82) is 5.26 Å². The summed E-state index contributed by atoms with van der Waals surface area (Å²) in [7, 11) is 2.09. The highest BCUT2D eigenvalue weighted by molar-refractivity contribution is 5.90. The molecule has 1 saturated heterocycles. The number of hydrogen-bond acceptors (Lipinski definition) is 6. The number of para-hydroxylation sites is 2. The number of amides is 2. The molecule has 3 aromatic rings. The number of fused-ring (bicyclic) bond motifs is 1. The topological polar surface area (TPSA) is 171 Å². The summed E-state index contributed by atoms with van der Waals surface area (Å²) in [5, 5.41) is 30.4. The maximum Gasteiger partial charge on any atom is 0.328 e. The average molecular weight is 491 g/mol. The normalized spacial score (nSPS) is 17.6. The number of aromatic nitrogens is 2. The van der Waals surface area contributed by atoms with E-state index in [-0.39, 0.29) is 18.1 Å². The van der Waals surface area contributed by atoms with Gasteiger partial charge in [-0.15, -0.1) is 0 Å². The van der Waals surface area contributed by atoms with E-state index < -0.39 is 11.9 Å². The number of benzene rings is 2. The fourth-order valence-corrected chi connectivity index (χ4v) is 3.79. The van der Waals surface area contributed by atoms with Crippen LogP contribution in [0, 0.1) is 11.3 Å². The monoisotopic (exact) mass is 490 g/mol. The predicted molar refractivity (Wildman–Crippen MR) is 132 cm³/mol. The van der Waals surface area contributed by atoms with E-state index in [9.17, 15) is 14.4 Å². The first-order valence-electron chi connectivity index (χ1n) is 11.1. The van der Waals surface area contributed by atoms with Gasteiger partial charge in [-0.25, -0.2) is 19.4 Å². The molecule has 36 heavy (non-hydrogen) atoms. The Hall–Kier alpha value is -4.69. The number of carbonyl (C=O) groups excluding carboxylic acids is 1. The van der Waals surface area contributed by atoms with Crippen LogP contribution < -0.4 is 10.6 Å². The van der Waals surface area contributed by atoms with Gasteiger partial charge in [-0.1, -0.05) is 12.1 Å². The van der Waals surface area contributed by atoms with Gasteiger partial charge in [0.2, 0.25) is 0 Å². The quantitative estimate of drug-likeness (QED) is 0.339. The number of nitrogens with one attached hydrogen (secondary N) is 3. The van der Waals surface area contributed by atoms with Crippen LogP contribution >= 0.6 is 0 Å². The molecule has 2 atom stereocenters. The third-order valence-corrected chi connectivity index (χ3v) is 5.57. The van der Waals surface area contributed by atoms with Gasteiger partial charge in [0, 0.05) is 30.4 Å². The van der Waals surface area contributed by atoms with E-state index in [1.165, 1.54) is 0 Å². The number of carboxylic acid groups (broad SMARTS) is 2. The van der Waals surface area contributed by atoms with Gasteiger partial charge < -0.3 is 25.8 Å². The molecule has 0 spiro atoms. The Balaban J connectivity index is 0.000000392. The SMILES string of the molecule is CN1CCC(NC(=O)Nc2ccc(C#N)cc2)CC1c1nc2ccccc2[nH]1.O=C(O)C=CC(=O)O. The summed E-state index contributed by atoms with van der Waals surface area (Å²) < 4.78 is 0. The Morgan fingerprint density at radius 1 is 1.11 bits per heavy atom. The number of H-pyrrole nitrogens is 1. The molecule has 5 N–H and O–H groups in total. The van der Waals surface area contributed by atoms with Crippen LogP contribution in [0.5, 0.6) is 0 Å². The van der Waals surface area contributed by atoms with Crippen LogP contribution in [-0.4, -0.2) is 62.7 Å². The lowest BCUT2D eigenvalue weighted by Crippen LogP contribution is -2.46. The molecule has 11 heteroatoms. The molecular weight excluding hydrogens is 464 g/mol. The number of aromatic amines is 1. The first-order valence-corrected chi connectivity index (χ1v) is 11.1. The van der Waals surface area contributed by atoms with Crippen LogP contribution in [0.3, 0.4) is 0 Å². The molecule has 1 fully saturated rings. The Labute approximate surface area is 207 Å². The van der Waals surface area contributed by atoms with E-state index in [0.717, 1.165) is 36.2 Å². The van der Waals surface area contributed by atoms with Crippen LogP contribution in [0.2, 0.25) is 0 Å². The van der Waals surface area contributed by atoms with Crippen molar-refractivity contribution in [1.82, 2.24) is 20.2 Å². The van der Waals surface area contributed by atoms with Crippen LogP contribution in [0.25, 0.3) is 11.0 Å². The number of hydrogen-bond donors (Lipinski definition) is 5. The number of imidazole rings is 1. The van der Waals surface area contributed by atoms with Crippen molar-refractivity contribution >= 4 is 34.7 Å². The van der Waals surface area contributed by atoms with E-state index >= 15 is 0 Å². The zero-order valence-corrected chi connectivity index (χ0v) is 19.5. The third kappa shape index (κ3) is 7.41. The summed E-state index contributed by atoms with van der Waals surface area (Å²) in [6.45, 7) is 0.878. The molecule has 2 aromatic carbocycles. The Morgan fingerprint density at radius 3 is 2.39 bits per heavy atom. The van der Waals surface area contributed by atoms with E-state index in [2.05, 4.69) is 33.6 Å². The van der Waals surface area contributed by atoms with E-state index in [0.29, 0.717) is 23.4 Å². The summed E-state index contributed by atoms with van der Waals surface area (Å²) in [5.74, 6) is -1.58. The number of nitriles is 1. The molecule has 1 aromatic heterocycles. The van der Waals surface area contributed by atoms with E-state index in [1.54, 1.807) is 24.3 Å². The van der Waals surface area contributed by atoms with Gasteiger partial charge in [0.25, 0.3) is 0 Å². The van der Waals surface area contributed by atoms with Crippen molar-refractivity contribution in [3.8, 4) is 6.07 Å². The lowest BCUT2D eigenvalue weighted by molar-refractivity contribution is -0.134. The van der Waals surface area contributed by atoms with E-state index in [1.807, 2.05) is 24.3 Å². The average Bonchev–Trinajstić information content (AvgIpc) is 3.29. The molecule has 0 bridgehead atoms. The minimum atomic E-state index is -1.26. The smallest absolute Gasteiger partial charge is 0.328 e. The summed E-state index contributed by atoms with van der Waals surface area (Å²) in [5.41, 5.74) is 3.22. The first-order chi connectivity index (χ1) is 17.2. The summed E-state index contributed by atoms with van der Waals surface area (Å²) in [6.07, 6.45) is 2.79. The van der Waals surface area contributed by atoms with Gasteiger partial charge in [0.1, 0.15) is 5.82 Å². The molecule has 186 valence electrons. The second-order valence-corrected chi connectivity index (χ2v) is 8.15. The number of urea groups is 1. The highest BCUT2D eigenvalue weighted by Crippen LogP contribution is 2.29. The highest BCUT2D eigenvalue weighted by atomic mass is 16.4. The zero-order chi connectivity index (χ0) is 26.1. The predicted octanol–water partition coefficient (Wildman–Crippen LogP) is 3.10. The number of rotatable bonds is 5. The van der Waals surface area contributed by atoms with Crippen molar-refractivity contribution in [2.24, 2.45) is 0 Å². The van der Waals surface area contributed by atoms with Crippen LogP contribution in [0.4, 0.5) is 10.5 Å². The summed E-state index contributed by atoms with van der Waals surface area (Å²) >= 11 is 0. The molecule has 2 amide bonds. The van der Waals surface area contributed by atoms with Gasteiger partial charge in [-0.3, -0.25) is 4.90 Å². The molecule has 2 heterocycles. The second-order valence-electron chi connectivity index (χ2n) is 8.15. The number of anilines is 1. The third-order valence-electron chi connectivity index (χ3n) is 5.57. The molecule has 1 aliphatic rings. The molecule has 4 rings (SSSR count). The number of carbonyl (C=O) groups is 3. The first kappa shape index (κ1) is 25.9. The zero-order valence-electron chi connectivity index (χ0n) is 19.5. The largest absolute Gasteiger partial charge is 0.478 e.